The third kappa shape index (κ3) is 4.32. The van der Waals surface area contributed by atoms with Crippen LogP contribution in [0.25, 0.3) is 11.1 Å². The van der Waals surface area contributed by atoms with E-state index >= 15 is 0 Å². The molecular formula is C26H25N3O4. The summed E-state index contributed by atoms with van der Waals surface area (Å²) in [6, 6.07) is 17.2. The van der Waals surface area contributed by atoms with Crippen LogP contribution < -0.4 is 9.64 Å². The monoisotopic (exact) mass is 443 g/mol. The summed E-state index contributed by atoms with van der Waals surface area (Å²) in [4.78, 5) is 34.4. The summed E-state index contributed by atoms with van der Waals surface area (Å²) in [5.74, 6) is 0.176. The van der Waals surface area contributed by atoms with Crippen molar-refractivity contribution >= 4 is 17.5 Å². The number of para-hydroxylation sites is 2. The highest BCUT2D eigenvalue weighted by molar-refractivity contribution is 6.08. The van der Waals surface area contributed by atoms with Crippen LogP contribution in [-0.4, -0.2) is 60.7 Å². The number of hydrogen-bond donors (Lipinski definition) is 0. The van der Waals surface area contributed by atoms with Crippen LogP contribution in [-0.2, 0) is 9.53 Å². The summed E-state index contributed by atoms with van der Waals surface area (Å²) in [6.07, 6.45) is 2.55. The molecule has 33 heavy (non-hydrogen) atoms. The molecule has 0 N–H and O–H groups in total. The lowest BCUT2D eigenvalue weighted by atomic mass is 10.0. The molecule has 1 fully saturated rings. The van der Waals surface area contributed by atoms with E-state index in [1.54, 1.807) is 28.3 Å². The van der Waals surface area contributed by atoms with E-state index in [0.717, 1.165) is 11.1 Å². The van der Waals surface area contributed by atoms with Gasteiger partial charge in [-0.15, -0.1) is 0 Å². The molecule has 2 aliphatic rings. The first kappa shape index (κ1) is 21.2. The van der Waals surface area contributed by atoms with Crippen LogP contribution in [0.4, 0.5) is 5.69 Å². The molecule has 168 valence electrons. The van der Waals surface area contributed by atoms with Crippen molar-refractivity contribution < 1.29 is 19.1 Å². The summed E-state index contributed by atoms with van der Waals surface area (Å²) in [5.41, 5.74) is 4.13. The molecule has 2 aliphatic heterocycles. The number of hydrogen-bond acceptors (Lipinski definition) is 5. The SMILES string of the molecule is Cc1ccc(-c2cncc(C(=O)N3CC(C(=O)N4CCOCC4)Oc4ccccc43)c2)cc1. The average molecular weight is 444 g/mol. The fourth-order valence-corrected chi connectivity index (χ4v) is 4.16. The number of benzene rings is 2. The molecule has 0 bridgehead atoms. The summed E-state index contributed by atoms with van der Waals surface area (Å²) >= 11 is 0. The minimum Gasteiger partial charge on any atom is -0.476 e. The molecule has 3 aromatic rings. The quantitative estimate of drug-likeness (QED) is 0.621. The number of carbonyl (C=O) groups is 2. The van der Waals surface area contributed by atoms with Gasteiger partial charge < -0.3 is 19.3 Å². The van der Waals surface area contributed by atoms with Gasteiger partial charge >= 0.3 is 0 Å². The van der Waals surface area contributed by atoms with Gasteiger partial charge in [-0.05, 0) is 30.7 Å². The molecule has 0 radical (unpaired) electrons. The molecule has 1 saturated heterocycles. The lowest BCUT2D eigenvalue weighted by Gasteiger charge is -2.37. The van der Waals surface area contributed by atoms with E-state index in [0.29, 0.717) is 43.3 Å². The molecule has 7 heteroatoms. The minimum atomic E-state index is -0.768. The molecule has 0 spiro atoms. The van der Waals surface area contributed by atoms with Crippen LogP contribution in [0.5, 0.6) is 5.75 Å². The van der Waals surface area contributed by atoms with Gasteiger partial charge in [-0.2, -0.15) is 0 Å². The maximum absolute atomic E-state index is 13.6. The van der Waals surface area contributed by atoms with Gasteiger partial charge in [-0.3, -0.25) is 14.6 Å². The Morgan fingerprint density at radius 1 is 0.970 bits per heavy atom. The Bertz CT molecular complexity index is 1170. The third-order valence-electron chi connectivity index (χ3n) is 5.99. The number of carbonyl (C=O) groups excluding carboxylic acids is 2. The summed E-state index contributed by atoms with van der Waals surface area (Å²) < 4.78 is 11.4. The number of amides is 2. The molecule has 2 amide bonds. The van der Waals surface area contributed by atoms with Gasteiger partial charge in [0, 0.05) is 31.0 Å². The Hall–Kier alpha value is -3.71. The molecule has 2 aromatic carbocycles. The molecule has 5 rings (SSSR count). The van der Waals surface area contributed by atoms with Gasteiger partial charge in [0.25, 0.3) is 11.8 Å². The summed E-state index contributed by atoms with van der Waals surface area (Å²) in [5, 5.41) is 0. The van der Waals surface area contributed by atoms with Crippen molar-refractivity contribution in [2.24, 2.45) is 0 Å². The van der Waals surface area contributed by atoms with Gasteiger partial charge in [0.1, 0.15) is 5.75 Å². The highest BCUT2D eigenvalue weighted by Gasteiger charge is 2.36. The largest absolute Gasteiger partial charge is 0.476 e. The molecule has 7 nitrogen and oxygen atoms in total. The first-order chi connectivity index (χ1) is 16.1. The van der Waals surface area contributed by atoms with E-state index in [9.17, 15) is 9.59 Å². The molecular weight excluding hydrogens is 418 g/mol. The Kier molecular flexibility index (Phi) is 5.79. The Balaban J connectivity index is 1.44. The predicted molar refractivity (Wildman–Crippen MR) is 124 cm³/mol. The minimum absolute atomic E-state index is 0.128. The van der Waals surface area contributed by atoms with Crippen molar-refractivity contribution in [3.63, 3.8) is 0 Å². The van der Waals surface area contributed by atoms with Crippen LogP contribution in [0.3, 0.4) is 0 Å². The number of anilines is 1. The normalized spacial score (nSPS) is 17.8. The molecule has 1 unspecified atom stereocenters. The van der Waals surface area contributed by atoms with E-state index in [1.807, 2.05) is 55.5 Å². The maximum atomic E-state index is 13.6. The van der Waals surface area contributed by atoms with Crippen LogP contribution >= 0.6 is 0 Å². The van der Waals surface area contributed by atoms with Crippen molar-refractivity contribution in [3.05, 3.63) is 78.1 Å². The standard InChI is InChI=1S/C26H25N3O4/c1-18-6-8-19(9-7-18)20-14-21(16-27-15-20)25(30)29-17-24(26(31)28-10-12-32-13-11-28)33-23-5-3-2-4-22(23)29/h2-9,14-16,24H,10-13,17H2,1H3. The van der Waals surface area contributed by atoms with Gasteiger partial charge in [-0.1, -0.05) is 42.0 Å². The van der Waals surface area contributed by atoms with E-state index < -0.39 is 6.10 Å². The fourth-order valence-electron chi connectivity index (χ4n) is 4.16. The summed E-state index contributed by atoms with van der Waals surface area (Å²) in [6.45, 7) is 4.24. The second-order valence-corrected chi connectivity index (χ2v) is 8.26. The van der Waals surface area contributed by atoms with Crippen LogP contribution in [0.2, 0.25) is 0 Å². The van der Waals surface area contributed by atoms with Crippen LogP contribution in [0.15, 0.2) is 67.0 Å². The molecule has 0 saturated carbocycles. The second kappa shape index (κ2) is 9.03. The molecule has 3 heterocycles. The topological polar surface area (TPSA) is 72.0 Å². The second-order valence-electron chi connectivity index (χ2n) is 8.26. The number of pyridine rings is 1. The van der Waals surface area contributed by atoms with Crippen molar-refractivity contribution in [2.45, 2.75) is 13.0 Å². The van der Waals surface area contributed by atoms with Gasteiger partial charge in [-0.25, -0.2) is 0 Å². The van der Waals surface area contributed by atoms with Gasteiger partial charge in [0.2, 0.25) is 0 Å². The lowest BCUT2D eigenvalue weighted by Crippen LogP contribution is -2.54. The zero-order chi connectivity index (χ0) is 22.8. The zero-order valence-electron chi connectivity index (χ0n) is 18.4. The smallest absolute Gasteiger partial charge is 0.265 e. The Morgan fingerprint density at radius 2 is 1.73 bits per heavy atom. The lowest BCUT2D eigenvalue weighted by molar-refractivity contribution is -0.142. The van der Waals surface area contributed by atoms with Gasteiger partial charge in [0.15, 0.2) is 6.10 Å². The first-order valence-electron chi connectivity index (χ1n) is 11.1. The average Bonchev–Trinajstić information content (AvgIpc) is 2.88. The van der Waals surface area contributed by atoms with E-state index in [-0.39, 0.29) is 18.4 Å². The molecule has 0 aliphatic carbocycles. The highest BCUT2D eigenvalue weighted by atomic mass is 16.5. The van der Waals surface area contributed by atoms with Crippen LogP contribution in [0.1, 0.15) is 15.9 Å². The third-order valence-corrected chi connectivity index (χ3v) is 5.99. The Morgan fingerprint density at radius 3 is 2.52 bits per heavy atom. The summed E-state index contributed by atoms with van der Waals surface area (Å²) in [7, 11) is 0. The number of morpholine rings is 1. The van der Waals surface area contributed by atoms with E-state index in [4.69, 9.17) is 9.47 Å². The Labute approximate surface area is 192 Å². The highest BCUT2D eigenvalue weighted by Crippen LogP contribution is 2.35. The number of aromatic nitrogens is 1. The number of fused-ring (bicyclic) bond motifs is 1. The zero-order valence-corrected chi connectivity index (χ0v) is 18.4. The van der Waals surface area contributed by atoms with Crippen molar-refractivity contribution in [1.82, 2.24) is 9.88 Å². The van der Waals surface area contributed by atoms with Crippen molar-refractivity contribution in [1.29, 1.82) is 0 Å². The molecule has 1 aromatic heterocycles. The predicted octanol–water partition coefficient (Wildman–Crippen LogP) is 3.32. The van der Waals surface area contributed by atoms with Crippen LogP contribution in [0, 0.1) is 6.92 Å². The number of aryl methyl sites for hydroxylation is 1. The maximum Gasteiger partial charge on any atom is 0.265 e. The first-order valence-corrected chi connectivity index (χ1v) is 11.1. The van der Waals surface area contributed by atoms with E-state index in [2.05, 4.69) is 4.98 Å². The van der Waals surface area contributed by atoms with Gasteiger partial charge in [0.05, 0.1) is 31.0 Å². The number of ether oxygens (including phenoxy) is 2. The fraction of sp³-hybridized carbons (Fsp3) is 0.269. The molecule has 1 atom stereocenters. The van der Waals surface area contributed by atoms with Crippen molar-refractivity contribution in [2.75, 3.05) is 37.7 Å². The number of rotatable bonds is 3. The van der Waals surface area contributed by atoms with E-state index in [1.165, 1.54) is 5.56 Å². The number of nitrogens with zero attached hydrogens (tertiary/aromatic N) is 3. The van der Waals surface area contributed by atoms with Crippen molar-refractivity contribution in [3.8, 4) is 16.9 Å².